The third kappa shape index (κ3) is 6.95. The summed E-state index contributed by atoms with van der Waals surface area (Å²) in [4.78, 5) is 27.1. The molecule has 0 aromatic heterocycles. The van der Waals surface area contributed by atoms with Crippen molar-refractivity contribution in [3.63, 3.8) is 0 Å². The molecule has 180 valence electrons. The van der Waals surface area contributed by atoms with Crippen LogP contribution in [0.1, 0.15) is 25.8 Å². The number of nitrogens with one attached hydrogen (secondary N) is 1. The van der Waals surface area contributed by atoms with E-state index in [1.807, 2.05) is 0 Å². The zero-order chi connectivity index (χ0) is 24.8. The van der Waals surface area contributed by atoms with Gasteiger partial charge in [0.25, 0.3) is 0 Å². The second kappa shape index (κ2) is 11.2. The molecule has 1 N–H and O–H groups in total. The smallest absolute Gasteiger partial charge is 0.244 e. The molecule has 0 fully saturated rings. The molecule has 2 aromatic rings. The molecule has 0 radical (unpaired) electrons. The van der Waals surface area contributed by atoms with Gasteiger partial charge >= 0.3 is 0 Å². The highest BCUT2D eigenvalue weighted by Gasteiger charge is 2.31. The van der Waals surface area contributed by atoms with Gasteiger partial charge in [-0.1, -0.05) is 19.1 Å². The van der Waals surface area contributed by atoms with Gasteiger partial charge in [-0.25, -0.2) is 21.6 Å². The van der Waals surface area contributed by atoms with Crippen LogP contribution in [-0.4, -0.2) is 50.5 Å². The van der Waals surface area contributed by atoms with E-state index in [2.05, 4.69) is 5.32 Å². The molecule has 7 nitrogen and oxygen atoms in total. The van der Waals surface area contributed by atoms with E-state index >= 15 is 0 Å². The second-order valence-electron chi connectivity index (χ2n) is 7.33. The van der Waals surface area contributed by atoms with E-state index in [1.165, 1.54) is 29.2 Å². The highest BCUT2D eigenvalue weighted by Crippen LogP contribution is 2.22. The van der Waals surface area contributed by atoms with Crippen LogP contribution in [0.25, 0.3) is 0 Å². The minimum absolute atomic E-state index is 0.0931. The van der Waals surface area contributed by atoms with Crippen LogP contribution in [0.5, 0.6) is 0 Å². The van der Waals surface area contributed by atoms with Crippen LogP contribution in [0.2, 0.25) is 0 Å². The molecule has 33 heavy (non-hydrogen) atoms. The number of carbonyl (C=O) groups excluding carboxylic acids is 2. The number of nitrogens with zero attached hydrogens (tertiary/aromatic N) is 2. The Bertz CT molecular complexity index is 1090. The molecule has 11 heteroatoms. The lowest BCUT2D eigenvalue weighted by Gasteiger charge is -2.32. The van der Waals surface area contributed by atoms with E-state index in [-0.39, 0.29) is 18.7 Å². The topological polar surface area (TPSA) is 86.8 Å². The quantitative estimate of drug-likeness (QED) is 0.561. The van der Waals surface area contributed by atoms with E-state index in [0.29, 0.717) is 22.5 Å². The first-order valence-corrected chi connectivity index (χ1v) is 12.1. The van der Waals surface area contributed by atoms with Crippen molar-refractivity contribution < 1.29 is 31.2 Å². The van der Waals surface area contributed by atoms with Crippen molar-refractivity contribution in [1.82, 2.24) is 10.2 Å². The number of anilines is 1. The van der Waals surface area contributed by atoms with E-state index in [0.717, 1.165) is 18.4 Å². The molecule has 0 unspecified atom stereocenters. The molecule has 0 heterocycles. The molecule has 0 spiro atoms. The normalized spacial score (nSPS) is 12.2. The maximum atomic E-state index is 13.7. The minimum Gasteiger partial charge on any atom is -0.355 e. The summed E-state index contributed by atoms with van der Waals surface area (Å²) in [5.41, 5.74) is 0.281. The van der Waals surface area contributed by atoms with Crippen LogP contribution in [0.4, 0.5) is 18.9 Å². The zero-order valence-corrected chi connectivity index (χ0v) is 19.3. The van der Waals surface area contributed by atoms with Crippen LogP contribution < -0.4 is 9.62 Å². The van der Waals surface area contributed by atoms with Crippen molar-refractivity contribution in [3.8, 4) is 0 Å². The summed E-state index contributed by atoms with van der Waals surface area (Å²) >= 11 is 0. The van der Waals surface area contributed by atoms with Crippen molar-refractivity contribution in [2.24, 2.45) is 0 Å². The number of hydrogen-bond acceptors (Lipinski definition) is 4. The second-order valence-corrected chi connectivity index (χ2v) is 9.24. The summed E-state index contributed by atoms with van der Waals surface area (Å²) in [5, 5.41) is 2.64. The van der Waals surface area contributed by atoms with Crippen LogP contribution in [0.3, 0.4) is 0 Å². The number of hydrogen-bond donors (Lipinski definition) is 1. The molecule has 1 atom stereocenters. The van der Waals surface area contributed by atoms with E-state index in [9.17, 15) is 31.2 Å². The van der Waals surface area contributed by atoms with Crippen molar-refractivity contribution in [1.29, 1.82) is 0 Å². The van der Waals surface area contributed by atoms with Crippen molar-refractivity contribution >= 4 is 27.5 Å². The summed E-state index contributed by atoms with van der Waals surface area (Å²) in [7, 11) is -4.07. The molecule has 0 aliphatic rings. The molecule has 0 aliphatic heterocycles. The summed E-state index contributed by atoms with van der Waals surface area (Å²) in [5.74, 6) is -4.10. The molecule has 2 aromatic carbocycles. The van der Waals surface area contributed by atoms with E-state index in [1.54, 1.807) is 13.8 Å². The lowest BCUT2D eigenvalue weighted by atomic mass is 10.1. The predicted octanol–water partition coefficient (Wildman–Crippen LogP) is 2.81. The lowest BCUT2D eigenvalue weighted by molar-refractivity contribution is -0.140. The standard InChI is InChI=1S/C22H26F3N3O4S/c1-4-20(22(30)26-5-2)27(13-15-6-8-16(23)9-7-15)21(29)14-28(33(3,31)32)17-10-11-18(24)19(25)12-17/h6-12,20H,4-5,13-14H2,1-3H3,(H,26,30)/t20-/m0/s1. The third-order valence-electron chi connectivity index (χ3n) is 4.87. The van der Waals surface area contributed by atoms with Gasteiger partial charge in [0.1, 0.15) is 18.4 Å². The van der Waals surface area contributed by atoms with Gasteiger partial charge in [0.05, 0.1) is 11.9 Å². The third-order valence-corrected chi connectivity index (χ3v) is 6.01. The van der Waals surface area contributed by atoms with E-state index < -0.39 is 51.9 Å². The molecule has 2 amide bonds. The average molecular weight is 486 g/mol. The van der Waals surface area contributed by atoms with Crippen LogP contribution in [0.15, 0.2) is 42.5 Å². The van der Waals surface area contributed by atoms with Gasteiger partial charge in [-0.15, -0.1) is 0 Å². The van der Waals surface area contributed by atoms with Gasteiger partial charge in [-0.3, -0.25) is 13.9 Å². The minimum atomic E-state index is -4.07. The highest BCUT2D eigenvalue weighted by atomic mass is 32.2. The first-order chi connectivity index (χ1) is 15.5. The Balaban J connectivity index is 2.44. The largest absolute Gasteiger partial charge is 0.355 e. The Hall–Kier alpha value is -3.08. The number of halogens is 3. The molecule has 0 bridgehead atoms. The van der Waals surface area contributed by atoms with Gasteiger partial charge in [0.2, 0.25) is 21.8 Å². The van der Waals surface area contributed by atoms with Crippen LogP contribution in [0, 0.1) is 17.5 Å². The maximum absolute atomic E-state index is 13.7. The first kappa shape index (κ1) is 26.2. The average Bonchev–Trinajstić information content (AvgIpc) is 2.74. The molecule has 0 saturated carbocycles. The Morgan fingerprint density at radius 3 is 2.15 bits per heavy atom. The van der Waals surface area contributed by atoms with Gasteiger partial charge < -0.3 is 10.2 Å². The number of carbonyl (C=O) groups is 2. The van der Waals surface area contributed by atoms with Gasteiger partial charge in [-0.2, -0.15) is 0 Å². The SMILES string of the molecule is CCNC(=O)[C@H](CC)N(Cc1ccc(F)cc1)C(=O)CN(c1ccc(F)c(F)c1)S(C)(=O)=O. The fourth-order valence-electron chi connectivity index (χ4n) is 3.25. The van der Waals surface area contributed by atoms with Crippen molar-refractivity contribution in [2.75, 3.05) is 23.7 Å². The first-order valence-electron chi connectivity index (χ1n) is 10.2. The molecule has 0 saturated heterocycles. The van der Waals surface area contributed by atoms with E-state index in [4.69, 9.17) is 0 Å². The monoisotopic (exact) mass is 485 g/mol. The molecular formula is C22H26F3N3O4S. The van der Waals surface area contributed by atoms with Gasteiger partial charge in [-0.05, 0) is 43.2 Å². The number of sulfonamides is 1. The fraction of sp³-hybridized carbons (Fsp3) is 0.364. The van der Waals surface area contributed by atoms with Gasteiger partial charge in [0.15, 0.2) is 11.6 Å². The Morgan fingerprint density at radius 1 is 1.00 bits per heavy atom. The molecular weight excluding hydrogens is 459 g/mol. The number of benzene rings is 2. The lowest BCUT2D eigenvalue weighted by Crippen LogP contribution is -2.52. The summed E-state index contributed by atoms with van der Waals surface area (Å²) in [6.07, 6.45) is 1.05. The summed E-state index contributed by atoms with van der Waals surface area (Å²) < 4.78 is 65.8. The Kier molecular flexibility index (Phi) is 8.86. The van der Waals surface area contributed by atoms with Gasteiger partial charge in [0, 0.05) is 19.2 Å². The number of rotatable bonds is 10. The van der Waals surface area contributed by atoms with Crippen molar-refractivity contribution in [3.05, 3.63) is 65.5 Å². The molecule has 2 rings (SSSR count). The Morgan fingerprint density at radius 2 is 1.64 bits per heavy atom. The Labute approximate surface area is 191 Å². The fourth-order valence-corrected chi connectivity index (χ4v) is 4.09. The highest BCUT2D eigenvalue weighted by molar-refractivity contribution is 7.92. The maximum Gasteiger partial charge on any atom is 0.244 e. The van der Waals surface area contributed by atoms with Crippen LogP contribution >= 0.6 is 0 Å². The predicted molar refractivity (Wildman–Crippen MR) is 118 cm³/mol. The number of likely N-dealkylation sites (N-methyl/N-ethyl adjacent to an activating group) is 1. The molecule has 0 aliphatic carbocycles. The summed E-state index contributed by atoms with van der Waals surface area (Å²) in [6.45, 7) is 2.88. The summed E-state index contributed by atoms with van der Waals surface area (Å²) in [6, 6.07) is 6.84. The zero-order valence-electron chi connectivity index (χ0n) is 18.5. The van der Waals surface area contributed by atoms with Crippen LogP contribution in [-0.2, 0) is 26.2 Å². The van der Waals surface area contributed by atoms with Crippen molar-refractivity contribution in [2.45, 2.75) is 32.9 Å². The number of amides is 2.